The number of aryl methyl sites for hydroxylation is 2. The highest BCUT2D eigenvalue weighted by Crippen LogP contribution is 2.27. The summed E-state index contributed by atoms with van der Waals surface area (Å²) < 4.78 is 15.6. The van der Waals surface area contributed by atoms with E-state index in [0.717, 1.165) is 22.6 Å². The second-order valence-corrected chi connectivity index (χ2v) is 4.53. The van der Waals surface area contributed by atoms with Crippen molar-refractivity contribution in [1.29, 1.82) is 0 Å². The maximum absolute atomic E-state index is 11.5. The first-order valence-corrected chi connectivity index (χ1v) is 6.49. The van der Waals surface area contributed by atoms with E-state index in [9.17, 15) is 9.59 Å². The highest BCUT2D eigenvalue weighted by molar-refractivity contribution is 5.84. The molecule has 5 heteroatoms. The Balaban J connectivity index is 2.18. The van der Waals surface area contributed by atoms with Crippen molar-refractivity contribution >= 4 is 16.9 Å². The number of rotatable bonds is 5. The van der Waals surface area contributed by atoms with Gasteiger partial charge < -0.3 is 13.9 Å². The van der Waals surface area contributed by atoms with Crippen LogP contribution >= 0.6 is 0 Å². The van der Waals surface area contributed by atoms with E-state index >= 15 is 0 Å². The Hall–Kier alpha value is -2.56. The van der Waals surface area contributed by atoms with Gasteiger partial charge in [0.05, 0.1) is 0 Å². The molecule has 2 aromatic rings. The van der Waals surface area contributed by atoms with Crippen LogP contribution in [0.3, 0.4) is 0 Å². The molecule has 0 aliphatic heterocycles. The second-order valence-electron chi connectivity index (χ2n) is 4.53. The second kappa shape index (κ2) is 6.26. The lowest BCUT2D eigenvalue weighted by atomic mass is 10.1. The van der Waals surface area contributed by atoms with Gasteiger partial charge in [-0.05, 0) is 31.5 Å². The van der Waals surface area contributed by atoms with Crippen molar-refractivity contribution in [2.75, 3.05) is 13.2 Å². The number of hydrogen-bond acceptors (Lipinski definition) is 5. The number of esters is 1. The lowest BCUT2D eigenvalue weighted by molar-refractivity contribution is -0.138. The van der Waals surface area contributed by atoms with Crippen LogP contribution in [0.4, 0.5) is 0 Å². The van der Waals surface area contributed by atoms with E-state index in [1.165, 1.54) is 6.07 Å². The van der Waals surface area contributed by atoms with Gasteiger partial charge in [-0.1, -0.05) is 6.58 Å². The molecule has 1 aromatic heterocycles. The molecule has 0 bridgehead atoms. The summed E-state index contributed by atoms with van der Waals surface area (Å²) in [5.41, 5.74) is 1.72. The molecule has 0 saturated carbocycles. The van der Waals surface area contributed by atoms with E-state index in [-0.39, 0.29) is 18.8 Å². The molecular weight excluding hydrogens is 272 g/mol. The van der Waals surface area contributed by atoms with Gasteiger partial charge in [-0.3, -0.25) is 0 Å². The molecular formula is C16H16O5. The zero-order valence-corrected chi connectivity index (χ0v) is 12.0. The summed E-state index contributed by atoms with van der Waals surface area (Å²) >= 11 is 0. The van der Waals surface area contributed by atoms with Crippen molar-refractivity contribution in [2.24, 2.45) is 0 Å². The van der Waals surface area contributed by atoms with Crippen molar-refractivity contribution in [3.8, 4) is 5.75 Å². The minimum Gasteiger partial charge on any atom is -0.490 e. The van der Waals surface area contributed by atoms with Crippen LogP contribution in [0.1, 0.15) is 11.1 Å². The normalized spacial score (nSPS) is 10.4. The summed E-state index contributed by atoms with van der Waals surface area (Å²) in [6.45, 7) is 7.31. The molecule has 0 N–H and O–H groups in total. The average molecular weight is 288 g/mol. The fraction of sp³-hybridized carbons (Fsp3) is 0.250. The number of carbonyl (C=O) groups excluding carboxylic acids is 1. The monoisotopic (exact) mass is 288 g/mol. The smallest absolute Gasteiger partial charge is 0.336 e. The number of ether oxygens (including phenoxy) is 2. The predicted octanol–water partition coefficient (Wildman–Crippen LogP) is 2.52. The van der Waals surface area contributed by atoms with Crippen molar-refractivity contribution in [3.05, 3.63) is 52.4 Å². The van der Waals surface area contributed by atoms with E-state index in [2.05, 4.69) is 6.58 Å². The topological polar surface area (TPSA) is 65.7 Å². The Kier molecular flexibility index (Phi) is 4.42. The van der Waals surface area contributed by atoms with Crippen LogP contribution in [0.2, 0.25) is 0 Å². The highest BCUT2D eigenvalue weighted by Gasteiger charge is 2.10. The number of benzene rings is 1. The Bertz CT molecular complexity index is 742. The molecule has 0 aliphatic carbocycles. The zero-order valence-electron chi connectivity index (χ0n) is 12.0. The molecule has 1 heterocycles. The lowest BCUT2D eigenvalue weighted by Crippen LogP contribution is -2.10. The molecule has 0 saturated heterocycles. The van der Waals surface area contributed by atoms with Gasteiger partial charge >= 0.3 is 11.6 Å². The first-order chi connectivity index (χ1) is 10.0. The van der Waals surface area contributed by atoms with Crippen LogP contribution in [-0.4, -0.2) is 19.2 Å². The van der Waals surface area contributed by atoms with Crippen LogP contribution in [0, 0.1) is 13.8 Å². The lowest BCUT2D eigenvalue weighted by Gasteiger charge is -2.11. The predicted molar refractivity (Wildman–Crippen MR) is 78.6 cm³/mol. The van der Waals surface area contributed by atoms with Gasteiger partial charge in [0.25, 0.3) is 0 Å². The largest absolute Gasteiger partial charge is 0.490 e. The fourth-order valence-corrected chi connectivity index (χ4v) is 2.01. The summed E-state index contributed by atoms with van der Waals surface area (Å²) in [7, 11) is 0. The molecule has 110 valence electrons. The molecule has 0 aliphatic rings. The molecule has 2 rings (SSSR count). The minimum atomic E-state index is -0.490. The molecule has 0 amide bonds. The Morgan fingerprint density at radius 2 is 2.10 bits per heavy atom. The number of carbonyl (C=O) groups is 1. The number of fused-ring (bicyclic) bond motifs is 1. The molecule has 1 aromatic carbocycles. The van der Waals surface area contributed by atoms with Gasteiger partial charge in [-0.15, -0.1) is 0 Å². The van der Waals surface area contributed by atoms with Crippen LogP contribution in [-0.2, 0) is 9.53 Å². The van der Waals surface area contributed by atoms with E-state index in [0.29, 0.717) is 11.3 Å². The van der Waals surface area contributed by atoms with Gasteiger partial charge in [0.15, 0.2) is 0 Å². The van der Waals surface area contributed by atoms with Gasteiger partial charge in [0.2, 0.25) is 0 Å². The fourth-order valence-electron chi connectivity index (χ4n) is 2.01. The molecule has 5 nitrogen and oxygen atoms in total. The van der Waals surface area contributed by atoms with E-state index in [1.54, 1.807) is 6.07 Å². The van der Waals surface area contributed by atoms with Crippen LogP contribution in [0.15, 0.2) is 40.1 Å². The SMILES string of the molecule is C=CC(=O)OCCOc1ccc2c(C)cc(=O)oc2c1C. The van der Waals surface area contributed by atoms with Crippen LogP contribution in [0.25, 0.3) is 11.0 Å². The van der Waals surface area contributed by atoms with Crippen molar-refractivity contribution in [3.63, 3.8) is 0 Å². The minimum absolute atomic E-state index is 0.125. The Morgan fingerprint density at radius 1 is 1.33 bits per heavy atom. The average Bonchev–Trinajstić information content (AvgIpc) is 2.45. The summed E-state index contributed by atoms with van der Waals surface area (Å²) in [6.07, 6.45) is 1.10. The third-order valence-electron chi connectivity index (χ3n) is 3.07. The quantitative estimate of drug-likeness (QED) is 0.366. The molecule has 0 radical (unpaired) electrons. The Morgan fingerprint density at radius 3 is 2.81 bits per heavy atom. The van der Waals surface area contributed by atoms with Gasteiger partial charge in [-0.2, -0.15) is 0 Å². The standard InChI is InChI=1S/C16H16O5/c1-4-14(17)20-8-7-19-13-6-5-12-10(2)9-15(18)21-16(12)11(13)3/h4-6,9H,1,7-8H2,2-3H3. The van der Waals surface area contributed by atoms with Crippen LogP contribution in [0.5, 0.6) is 5.75 Å². The summed E-state index contributed by atoms with van der Waals surface area (Å²) in [6, 6.07) is 5.10. The van der Waals surface area contributed by atoms with Gasteiger partial charge in [0.1, 0.15) is 24.5 Å². The Labute approximate surface area is 121 Å². The third kappa shape index (κ3) is 3.31. The molecule has 0 spiro atoms. The summed E-state index contributed by atoms with van der Waals surface area (Å²) in [5.74, 6) is 0.0985. The maximum Gasteiger partial charge on any atom is 0.336 e. The molecule has 0 unspecified atom stereocenters. The maximum atomic E-state index is 11.5. The highest BCUT2D eigenvalue weighted by atomic mass is 16.6. The summed E-state index contributed by atoms with van der Waals surface area (Å²) in [4.78, 5) is 22.4. The van der Waals surface area contributed by atoms with Crippen LogP contribution < -0.4 is 10.4 Å². The van der Waals surface area contributed by atoms with Gasteiger partial charge in [-0.25, -0.2) is 9.59 Å². The molecule has 0 fully saturated rings. The zero-order chi connectivity index (χ0) is 15.4. The molecule has 21 heavy (non-hydrogen) atoms. The number of hydrogen-bond donors (Lipinski definition) is 0. The van der Waals surface area contributed by atoms with Gasteiger partial charge in [0, 0.05) is 23.1 Å². The van der Waals surface area contributed by atoms with Crippen molar-refractivity contribution in [1.82, 2.24) is 0 Å². The first-order valence-electron chi connectivity index (χ1n) is 6.49. The first kappa shape index (κ1) is 14.8. The van der Waals surface area contributed by atoms with Crippen molar-refractivity contribution < 1.29 is 18.7 Å². The van der Waals surface area contributed by atoms with E-state index < -0.39 is 5.97 Å². The van der Waals surface area contributed by atoms with E-state index in [4.69, 9.17) is 13.9 Å². The molecule has 0 atom stereocenters. The third-order valence-corrected chi connectivity index (χ3v) is 3.07. The van der Waals surface area contributed by atoms with Crippen molar-refractivity contribution in [2.45, 2.75) is 13.8 Å². The summed E-state index contributed by atoms with van der Waals surface area (Å²) in [5, 5.41) is 0.873. The van der Waals surface area contributed by atoms with E-state index in [1.807, 2.05) is 19.9 Å².